The minimum atomic E-state index is -0.885. The van der Waals surface area contributed by atoms with Crippen LogP contribution in [0.2, 0.25) is 0 Å². The fraction of sp³-hybridized carbons (Fsp3) is 0.267. The fourth-order valence-electron chi connectivity index (χ4n) is 4.36. The highest BCUT2D eigenvalue weighted by Gasteiger charge is 2.46. The number of hydrogen-bond acceptors (Lipinski definition) is 6. The van der Waals surface area contributed by atoms with E-state index in [1.807, 2.05) is 30.3 Å². The third kappa shape index (κ3) is 5.61. The molecule has 3 aromatic rings. The zero-order valence-electron chi connectivity index (χ0n) is 21.0. The van der Waals surface area contributed by atoms with E-state index in [1.165, 1.54) is 11.0 Å². The van der Waals surface area contributed by atoms with Crippen LogP contribution < -0.4 is 9.47 Å². The molecular weight excluding hydrogens is 470 g/mol. The number of nitrogens with zero attached hydrogens (tertiary/aromatic N) is 1. The van der Waals surface area contributed by atoms with Gasteiger partial charge in [-0.25, -0.2) is 0 Å². The first-order chi connectivity index (χ1) is 17.9. The Morgan fingerprint density at radius 2 is 1.73 bits per heavy atom. The van der Waals surface area contributed by atoms with Crippen molar-refractivity contribution in [2.45, 2.75) is 39.3 Å². The lowest BCUT2D eigenvalue weighted by atomic mass is 9.94. The van der Waals surface area contributed by atoms with Gasteiger partial charge in [0.25, 0.3) is 11.7 Å². The van der Waals surface area contributed by atoms with E-state index in [0.29, 0.717) is 30.1 Å². The molecule has 1 heterocycles. The van der Waals surface area contributed by atoms with Crippen molar-refractivity contribution in [2.75, 3.05) is 13.2 Å². The molecule has 1 saturated heterocycles. The Morgan fingerprint density at radius 1 is 0.946 bits per heavy atom. The van der Waals surface area contributed by atoms with Crippen LogP contribution in [0.5, 0.6) is 17.2 Å². The van der Waals surface area contributed by atoms with Gasteiger partial charge in [-0.1, -0.05) is 61.9 Å². The number of likely N-dealkylation sites (tertiary alicyclic amines) is 1. The Morgan fingerprint density at radius 3 is 2.46 bits per heavy atom. The van der Waals surface area contributed by atoms with E-state index >= 15 is 0 Å². The van der Waals surface area contributed by atoms with Crippen molar-refractivity contribution in [3.05, 3.63) is 95.1 Å². The first-order valence-corrected chi connectivity index (χ1v) is 12.5. The lowest BCUT2D eigenvalue weighted by Gasteiger charge is -2.26. The quantitative estimate of drug-likeness (QED) is 0.163. The van der Waals surface area contributed by atoms with Crippen LogP contribution in [0.3, 0.4) is 0 Å². The molecular formula is C30H31NO6. The summed E-state index contributed by atoms with van der Waals surface area (Å²) in [5.41, 5.74) is 1.72. The Labute approximate surface area is 216 Å². The zero-order valence-corrected chi connectivity index (χ0v) is 21.0. The zero-order chi connectivity index (χ0) is 26.4. The topological polar surface area (TPSA) is 96.3 Å². The monoisotopic (exact) mass is 501 g/mol. The number of benzene rings is 3. The molecule has 1 amide bonds. The predicted molar refractivity (Wildman–Crippen MR) is 140 cm³/mol. The number of amides is 1. The average Bonchev–Trinajstić information content (AvgIpc) is 3.15. The smallest absolute Gasteiger partial charge is 0.295 e. The summed E-state index contributed by atoms with van der Waals surface area (Å²) in [4.78, 5) is 28.1. The van der Waals surface area contributed by atoms with Crippen LogP contribution in [0.25, 0.3) is 5.76 Å². The van der Waals surface area contributed by atoms with Gasteiger partial charge in [-0.15, -0.1) is 0 Å². The van der Waals surface area contributed by atoms with Crippen molar-refractivity contribution in [1.82, 2.24) is 4.90 Å². The number of aromatic hydroxyl groups is 1. The summed E-state index contributed by atoms with van der Waals surface area (Å²) in [6, 6.07) is 20.0. The lowest BCUT2D eigenvalue weighted by molar-refractivity contribution is -0.140. The predicted octanol–water partition coefficient (Wildman–Crippen LogP) is 5.59. The van der Waals surface area contributed by atoms with Crippen molar-refractivity contribution in [3.63, 3.8) is 0 Å². The number of unbranched alkanes of at least 4 members (excludes halogenated alkanes) is 1. The Bertz CT molecular complexity index is 1300. The second-order valence-corrected chi connectivity index (χ2v) is 8.80. The second kappa shape index (κ2) is 11.6. The third-order valence-electron chi connectivity index (χ3n) is 6.21. The summed E-state index contributed by atoms with van der Waals surface area (Å²) in [5, 5.41) is 21.6. The summed E-state index contributed by atoms with van der Waals surface area (Å²) >= 11 is 0. The normalized spacial score (nSPS) is 16.7. The Balaban J connectivity index is 1.82. The van der Waals surface area contributed by atoms with Gasteiger partial charge in [-0.2, -0.15) is 0 Å². The lowest BCUT2D eigenvalue weighted by Crippen LogP contribution is -2.29. The maximum absolute atomic E-state index is 13.4. The summed E-state index contributed by atoms with van der Waals surface area (Å²) < 4.78 is 11.3. The standard InChI is InChI=1S/C30H31NO6/c1-3-5-16-37-23-13-9-12-22(17-23)28(33)26-27(21-14-15-24(32)25(18-21)36-4-2)31(30(35)29(26)34)19-20-10-7-6-8-11-20/h6-15,17-18,27,32-33H,3-5,16,19H2,1-2H3. The molecule has 0 aromatic heterocycles. The molecule has 37 heavy (non-hydrogen) atoms. The van der Waals surface area contributed by atoms with E-state index in [1.54, 1.807) is 43.3 Å². The Hall–Kier alpha value is -4.26. The van der Waals surface area contributed by atoms with Crippen molar-refractivity contribution in [3.8, 4) is 17.2 Å². The summed E-state index contributed by atoms with van der Waals surface area (Å²) in [7, 11) is 0. The van der Waals surface area contributed by atoms with Crippen molar-refractivity contribution < 1.29 is 29.3 Å². The largest absolute Gasteiger partial charge is 0.507 e. The SMILES string of the molecule is CCCCOc1cccc(C(O)=C2C(=O)C(=O)N(Cc3ccccc3)C2c2ccc(O)c(OCC)c2)c1. The molecule has 1 fully saturated rings. The van der Waals surface area contributed by atoms with Gasteiger partial charge in [-0.3, -0.25) is 9.59 Å². The molecule has 1 unspecified atom stereocenters. The number of ether oxygens (including phenoxy) is 2. The molecule has 3 aromatic carbocycles. The highest BCUT2D eigenvalue weighted by Crippen LogP contribution is 2.42. The number of carbonyl (C=O) groups is 2. The van der Waals surface area contributed by atoms with Gasteiger partial charge in [0, 0.05) is 12.1 Å². The molecule has 1 atom stereocenters. The third-order valence-corrected chi connectivity index (χ3v) is 6.21. The number of phenols is 1. The van der Waals surface area contributed by atoms with Gasteiger partial charge < -0.3 is 24.6 Å². The van der Waals surface area contributed by atoms with Gasteiger partial charge in [0.2, 0.25) is 0 Å². The first-order valence-electron chi connectivity index (χ1n) is 12.5. The molecule has 0 aliphatic carbocycles. The number of aliphatic hydroxyl groups is 1. The van der Waals surface area contributed by atoms with Crippen LogP contribution in [0.1, 0.15) is 49.4 Å². The van der Waals surface area contributed by atoms with Crippen molar-refractivity contribution in [2.24, 2.45) is 0 Å². The van der Waals surface area contributed by atoms with Gasteiger partial charge in [0.15, 0.2) is 11.5 Å². The number of Topliss-reactive ketones (excluding diaryl/α,β-unsaturated/α-hetero) is 1. The molecule has 1 aliphatic rings. The van der Waals surface area contributed by atoms with E-state index in [-0.39, 0.29) is 29.4 Å². The van der Waals surface area contributed by atoms with E-state index in [9.17, 15) is 19.8 Å². The van der Waals surface area contributed by atoms with E-state index < -0.39 is 17.7 Å². The molecule has 7 heteroatoms. The number of rotatable bonds is 10. The molecule has 1 aliphatic heterocycles. The van der Waals surface area contributed by atoms with E-state index in [4.69, 9.17) is 9.47 Å². The molecule has 0 radical (unpaired) electrons. The molecule has 4 rings (SSSR count). The van der Waals surface area contributed by atoms with Crippen LogP contribution in [-0.4, -0.2) is 40.0 Å². The number of ketones is 1. The fourth-order valence-corrected chi connectivity index (χ4v) is 4.36. The van der Waals surface area contributed by atoms with Gasteiger partial charge >= 0.3 is 0 Å². The maximum Gasteiger partial charge on any atom is 0.295 e. The van der Waals surface area contributed by atoms with Crippen molar-refractivity contribution in [1.29, 1.82) is 0 Å². The molecule has 2 N–H and O–H groups in total. The first kappa shape index (κ1) is 25.8. The highest BCUT2D eigenvalue weighted by atomic mass is 16.5. The number of phenolic OH excluding ortho intramolecular Hbond substituents is 1. The molecule has 192 valence electrons. The van der Waals surface area contributed by atoms with Crippen LogP contribution in [0.4, 0.5) is 0 Å². The van der Waals surface area contributed by atoms with E-state index in [0.717, 1.165) is 18.4 Å². The summed E-state index contributed by atoms with van der Waals surface area (Å²) in [6.45, 7) is 4.89. The minimum absolute atomic E-state index is 0.0280. The Kier molecular flexibility index (Phi) is 8.13. The van der Waals surface area contributed by atoms with Crippen LogP contribution in [0, 0.1) is 0 Å². The molecule has 0 bridgehead atoms. The number of carbonyl (C=O) groups excluding carboxylic acids is 2. The van der Waals surface area contributed by atoms with Crippen molar-refractivity contribution >= 4 is 17.4 Å². The van der Waals surface area contributed by atoms with Crippen LogP contribution >= 0.6 is 0 Å². The van der Waals surface area contributed by atoms with Gasteiger partial charge in [0.1, 0.15) is 11.5 Å². The van der Waals surface area contributed by atoms with Gasteiger partial charge in [0.05, 0.1) is 24.8 Å². The summed E-state index contributed by atoms with van der Waals surface area (Å²) in [6.07, 6.45) is 1.88. The minimum Gasteiger partial charge on any atom is -0.507 e. The maximum atomic E-state index is 13.4. The number of aliphatic hydroxyl groups excluding tert-OH is 1. The van der Waals surface area contributed by atoms with Gasteiger partial charge in [-0.05, 0) is 48.7 Å². The summed E-state index contributed by atoms with van der Waals surface area (Å²) in [5.74, 6) is -1.03. The van der Waals surface area contributed by atoms with E-state index in [2.05, 4.69) is 6.92 Å². The molecule has 0 spiro atoms. The number of hydrogen-bond donors (Lipinski definition) is 2. The average molecular weight is 502 g/mol. The molecule has 7 nitrogen and oxygen atoms in total. The van der Waals surface area contributed by atoms with Crippen LogP contribution in [0.15, 0.2) is 78.4 Å². The van der Waals surface area contributed by atoms with Crippen LogP contribution in [-0.2, 0) is 16.1 Å². The highest BCUT2D eigenvalue weighted by molar-refractivity contribution is 6.46. The second-order valence-electron chi connectivity index (χ2n) is 8.80. The molecule has 0 saturated carbocycles.